The molecule has 0 saturated carbocycles. The molecule has 28 heavy (non-hydrogen) atoms. The number of amides is 1. The molecule has 7 nitrogen and oxygen atoms in total. The van der Waals surface area contributed by atoms with Gasteiger partial charge in [0.1, 0.15) is 5.69 Å². The van der Waals surface area contributed by atoms with Crippen LogP contribution < -0.4 is 10.5 Å². The Labute approximate surface area is 164 Å². The van der Waals surface area contributed by atoms with Gasteiger partial charge in [-0.2, -0.15) is 0 Å². The molecule has 3 rings (SSSR count). The summed E-state index contributed by atoms with van der Waals surface area (Å²) >= 11 is 0. The largest absolute Gasteiger partial charge is 0.354 e. The number of fused-ring (bicyclic) bond motifs is 1. The molecule has 0 radical (unpaired) electrons. The van der Waals surface area contributed by atoms with Crippen LogP contribution in [0.2, 0.25) is 0 Å². The number of sulfonamides is 1. The van der Waals surface area contributed by atoms with Crippen molar-refractivity contribution in [3.8, 4) is 0 Å². The normalized spacial score (nSPS) is 17.1. The number of benzene rings is 1. The summed E-state index contributed by atoms with van der Waals surface area (Å²) in [4.78, 5) is 28.5. The van der Waals surface area contributed by atoms with E-state index in [2.05, 4.69) is 10.3 Å². The fourth-order valence-electron chi connectivity index (χ4n) is 3.76. The molecular weight excluding hydrogens is 378 g/mol. The number of H-pyrrole nitrogens is 1. The minimum Gasteiger partial charge on any atom is -0.354 e. The monoisotopic (exact) mass is 403 g/mol. The molecule has 2 aromatic rings. The third-order valence-electron chi connectivity index (χ3n) is 5.18. The number of nitrogens with one attached hydrogen (secondary N) is 2. The maximum absolute atomic E-state index is 12.8. The second kappa shape index (κ2) is 6.86. The number of carbonyl (C=O) groups excluding carboxylic acids is 2. The van der Waals surface area contributed by atoms with E-state index >= 15 is 0 Å². The van der Waals surface area contributed by atoms with Gasteiger partial charge in [0, 0.05) is 17.7 Å². The Morgan fingerprint density at radius 3 is 2.39 bits per heavy atom. The molecule has 0 unspecified atom stereocenters. The highest BCUT2D eigenvalue weighted by Crippen LogP contribution is 2.36. The summed E-state index contributed by atoms with van der Waals surface area (Å²) in [5, 5.41) is 8.00. The molecule has 150 valence electrons. The lowest BCUT2D eigenvalue weighted by Gasteiger charge is -2.28. The zero-order chi connectivity index (χ0) is 20.9. The van der Waals surface area contributed by atoms with Crippen molar-refractivity contribution in [3.05, 3.63) is 52.3 Å². The van der Waals surface area contributed by atoms with Crippen molar-refractivity contribution in [1.82, 2.24) is 10.3 Å². The highest BCUT2D eigenvalue weighted by molar-refractivity contribution is 7.89. The van der Waals surface area contributed by atoms with Crippen LogP contribution >= 0.6 is 0 Å². The molecule has 1 heterocycles. The van der Waals surface area contributed by atoms with E-state index in [1.54, 1.807) is 26.0 Å². The summed E-state index contributed by atoms with van der Waals surface area (Å²) < 4.78 is 22.7. The lowest BCUT2D eigenvalue weighted by Crippen LogP contribution is -2.27. The number of aromatic amines is 1. The van der Waals surface area contributed by atoms with Gasteiger partial charge >= 0.3 is 0 Å². The number of rotatable bonds is 4. The number of ketones is 1. The van der Waals surface area contributed by atoms with Gasteiger partial charge in [0.05, 0.1) is 10.9 Å². The number of nitrogens with two attached hydrogens (primary N) is 1. The molecule has 1 amide bonds. The molecule has 1 aliphatic carbocycles. The molecule has 0 saturated heterocycles. The van der Waals surface area contributed by atoms with Crippen LogP contribution in [0, 0.1) is 12.3 Å². The number of aromatic nitrogens is 1. The first-order valence-corrected chi connectivity index (χ1v) is 10.6. The Balaban J connectivity index is 1.81. The van der Waals surface area contributed by atoms with Crippen LogP contribution in [0.5, 0.6) is 0 Å². The molecule has 1 aliphatic rings. The van der Waals surface area contributed by atoms with Gasteiger partial charge in [0.25, 0.3) is 5.91 Å². The van der Waals surface area contributed by atoms with Crippen LogP contribution in [0.3, 0.4) is 0 Å². The Kier molecular flexibility index (Phi) is 4.97. The highest BCUT2D eigenvalue weighted by Gasteiger charge is 2.35. The van der Waals surface area contributed by atoms with E-state index in [1.165, 1.54) is 12.1 Å². The van der Waals surface area contributed by atoms with Gasteiger partial charge in [-0.3, -0.25) is 9.59 Å². The van der Waals surface area contributed by atoms with E-state index in [-0.39, 0.29) is 28.0 Å². The van der Waals surface area contributed by atoms with Crippen LogP contribution in [0.4, 0.5) is 0 Å². The van der Waals surface area contributed by atoms with Crippen molar-refractivity contribution in [2.45, 2.75) is 51.5 Å². The zero-order valence-electron chi connectivity index (χ0n) is 16.4. The van der Waals surface area contributed by atoms with E-state index in [4.69, 9.17) is 5.14 Å². The number of carbonyl (C=O) groups is 2. The lowest BCUT2D eigenvalue weighted by atomic mass is 9.75. The second-order valence-electron chi connectivity index (χ2n) is 8.23. The van der Waals surface area contributed by atoms with Crippen LogP contribution in [-0.2, 0) is 16.4 Å². The van der Waals surface area contributed by atoms with Crippen LogP contribution in [0.25, 0.3) is 0 Å². The SMILES string of the molecule is Cc1c(C(=O)N[C@H](C)c2ccc(S(N)(=O)=O)cc2)[nH]c2c1C(=O)CC(C)(C)C2. The average Bonchev–Trinajstić information content (AvgIpc) is 2.89. The second-order valence-corrected chi connectivity index (χ2v) is 9.79. The summed E-state index contributed by atoms with van der Waals surface area (Å²) in [6.45, 7) is 7.66. The van der Waals surface area contributed by atoms with Gasteiger partial charge in [0.15, 0.2) is 5.78 Å². The van der Waals surface area contributed by atoms with E-state index in [0.717, 1.165) is 11.3 Å². The number of hydrogen-bond acceptors (Lipinski definition) is 4. The summed E-state index contributed by atoms with van der Waals surface area (Å²) in [5.41, 5.74) is 3.12. The Morgan fingerprint density at radius 2 is 1.82 bits per heavy atom. The first-order chi connectivity index (χ1) is 12.9. The molecule has 0 fully saturated rings. The number of primary sulfonamides is 1. The van der Waals surface area contributed by atoms with Crippen LogP contribution in [-0.4, -0.2) is 25.1 Å². The molecule has 0 spiro atoms. The molecule has 8 heteroatoms. The summed E-state index contributed by atoms with van der Waals surface area (Å²) in [6, 6.07) is 5.69. The smallest absolute Gasteiger partial charge is 0.268 e. The quantitative estimate of drug-likeness (QED) is 0.726. The summed E-state index contributed by atoms with van der Waals surface area (Å²) in [6.07, 6.45) is 1.18. The van der Waals surface area contributed by atoms with Gasteiger partial charge in [-0.05, 0) is 48.9 Å². The average molecular weight is 404 g/mol. The maximum Gasteiger partial charge on any atom is 0.268 e. The van der Waals surface area contributed by atoms with Crippen LogP contribution in [0.1, 0.15) is 70.9 Å². The van der Waals surface area contributed by atoms with Gasteiger partial charge in [-0.1, -0.05) is 26.0 Å². The lowest BCUT2D eigenvalue weighted by molar-refractivity contribution is 0.0909. The molecule has 0 aliphatic heterocycles. The standard InChI is InChI=1S/C20H25N3O4S/c1-11-17-15(9-20(3,4)10-16(17)24)23-18(11)19(25)22-12(2)13-5-7-14(8-6-13)28(21,26)27/h5-8,12,23H,9-10H2,1-4H3,(H,22,25)(H2,21,26,27)/t12-/m1/s1. The van der Waals surface area contributed by atoms with E-state index in [9.17, 15) is 18.0 Å². The number of hydrogen-bond donors (Lipinski definition) is 3. The van der Waals surface area contributed by atoms with Crippen molar-refractivity contribution < 1.29 is 18.0 Å². The highest BCUT2D eigenvalue weighted by atomic mass is 32.2. The zero-order valence-corrected chi connectivity index (χ0v) is 17.2. The molecular formula is C20H25N3O4S. The van der Waals surface area contributed by atoms with Crippen molar-refractivity contribution in [1.29, 1.82) is 0 Å². The molecule has 1 aromatic carbocycles. The topological polar surface area (TPSA) is 122 Å². The predicted octanol–water partition coefficient (Wildman–Crippen LogP) is 2.62. The number of Topliss-reactive ketones (excluding diaryl/α,β-unsaturated/α-hetero) is 1. The Bertz CT molecular complexity index is 1050. The van der Waals surface area contributed by atoms with E-state index in [1.807, 2.05) is 13.8 Å². The minimum atomic E-state index is -3.76. The van der Waals surface area contributed by atoms with Gasteiger partial charge in [-0.25, -0.2) is 13.6 Å². The minimum absolute atomic E-state index is 0.0174. The van der Waals surface area contributed by atoms with Gasteiger partial charge in [-0.15, -0.1) is 0 Å². The molecule has 0 bridgehead atoms. The summed E-state index contributed by atoms with van der Waals surface area (Å²) in [5.74, 6) is -0.244. The third-order valence-corrected chi connectivity index (χ3v) is 6.11. The first kappa shape index (κ1) is 20.3. The maximum atomic E-state index is 12.8. The first-order valence-electron chi connectivity index (χ1n) is 9.07. The fraction of sp³-hybridized carbons (Fsp3) is 0.400. The van der Waals surface area contributed by atoms with Crippen molar-refractivity contribution >= 4 is 21.7 Å². The molecule has 4 N–H and O–H groups in total. The van der Waals surface area contributed by atoms with E-state index < -0.39 is 10.0 Å². The van der Waals surface area contributed by atoms with E-state index in [0.29, 0.717) is 29.7 Å². The van der Waals surface area contributed by atoms with Gasteiger partial charge in [0.2, 0.25) is 10.0 Å². The van der Waals surface area contributed by atoms with Crippen LogP contribution in [0.15, 0.2) is 29.2 Å². The van der Waals surface area contributed by atoms with Crippen molar-refractivity contribution in [3.63, 3.8) is 0 Å². The summed E-state index contributed by atoms with van der Waals surface area (Å²) in [7, 11) is -3.76. The molecule has 1 atom stereocenters. The predicted molar refractivity (Wildman–Crippen MR) is 106 cm³/mol. The Hall–Kier alpha value is -2.45. The Morgan fingerprint density at radius 1 is 1.21 bits per heavy atom. The van der Waals surface area contributed by atoms with Gasteiger partial charge < -0.3 is 10.3 Å². The van der Waals surface area contributed by atoms with Crippen molar-refractivity contribution in [2.24, 2.45) is 10.6 Å². The van der Waals surface area contributed by atoms with Crippen molar-refractivity contribution in [2.75, 3.05) is 0 Å². The molecule has 1 aromatic heterocycles. The third kappa shape index (κ3) is 3.88. The fourth-order valence-corrected chi connectivity index (χ4v) is 4.27.